The highest BCUT2D eigenvalue weighted by Gasteiger charge is 2.27. The number of aryl methyl sites for hydroxylation is 2. The zero-order chi connectivity index (χ0) is 12.5. The lowest BCUT2D eigenvalue weighted by Crippen LogP contribution is -2.15. The minimum absolute atomic E-state index is 0.159. The number of carboxylic acid groups (broad SMARTS) is 1. The van der Waals surface area contributed by atoms with E-state index in [1.165, 1.54) is 19.9 Å². The van der Waals surface area contributed by atoms with Crippen molar-refractivity contribution in [2.45, 2.75) is 33.1 Å². The van der Waals surface area contributed by atoms with Crippen molar-refractivity contribution in [3.8, 4) is 0 Å². The molecule has 16 heavy (non-hydrogen) atoms. The van der Waals surface area contributed by atoms with Crippen LogP contribution in [-0.2, 0) is 4.79 Å². The van der Waals surface area contributed by atoms with E-state index in [0.717, 1.165) is 0 Å². The molecule has 0 fully saturated rings. The number of aliphatic carboxylic acids is 1. The molecular formula is C12H14F2O2. The van der Waals surface area contributed by atoms with E-state index in [1.54, 1.807) is 6.92 Å². The molecule has 0 bridgehead atoms. The number of carbonyl (C=O) groups is 1. The van der Waals surface area contributed by atoms with Crippen LogP contribution in [0.25, 0.3) is 0 Å². The highest BCUT2D eigenvalue weighted by Crippen LogP contribution is 2.29. The number of hydrogen-bond donors (Lipinski definition) is 1. The van der Waals surface area contributed by atoms with Gasteiger partial charge in [-0.15, -0.1) is 0 Å². The van der Waals surface area contributed by atoms with Gasteiger partial charge >= 0.3 is 5.97 Å². The standard InChI is InChI=1S/C12H14F2O2/c1-4-8(12(15)16)9-10(13)6(2)5-7(3)11(9)14/h5,8H,4H2,1-3H3,(H,15,16). The van der Waals surface area contributed by atoms with Gasteiger partial charge in [-0.1, -0.05) is 13.0 Å². The molecule has 1 aromatic rings. The van der Waals surface area contributed by atoms with Crippen LogP contribution in [0.3, 0.4) is 0 Å². The van der Waals surface area contributed by atoms with Crippen LogP contribution in [0.4, 0.5) is 8.78 Å². The fourth-order valence-corrected chi connectivity index (χ4v) is 1.78. The molecule has 1 atom stereocenters. The first-order chi connectivity index (χ1) is 7.40. The van der Waals surface area contributed by atoms with Crippen LogP contribution in [0, 0.1) is 25.5 Å². The number of benzene rings is 1. The Kier molecular flexibility index (Phi) is 3.62. The van der Waals surface area contributed by atoms with E-state index in [9.17, 15) is 13.6 Å². The molecular weight excluding hydrogens is 214 g/mol. The third-order valence-corrected chi connectivity index (χ3v) is 2.65. The minimum Gasteiger partial charge on any atom is -0.481 e. The molecule has 1 N–H and O–H groups in total. The van der Waals surface area contributed by atoms with Crippen LogP contribution < -0.4 is 0 Å². The molecule has 4 heteroatoms. The maximum absolute atomic E-state index is 13.7. The SMILES string of the molecule is CCC(C(=O)O)c1c(F)c(C)cc(C)c1F. The van der Waals surface area contributed by atoms with Crippen LogP contribution in [-0.4, -0.2) is 11.1 Å². The van der Waals surface area contributed by atoms with Crippen molar-refractivity contribution >= 4 is 5.97 Å². The lowest BCUT2D eigenvalue weighted by Gasteiger charge is -2.15. The topological polar surface area (TPSA) is 37.3 Å². The Morgan fingerprint density at radius 3 is 2.06 bits per heavy atom. The van der Waals surface area contributed by atoms with Gasteiger partial charge in [0.05, 0.1) is 5.92 Å². The first-order valence-electron chi connectivity index (χ1n) is 5.08. The highest BCUT2D eigenvalue weighted by atomic mass is 19.1. The molecule has 0 spiro atoms. The molecule has 0 saturated heterocycles. The summed E-state index contributed by atoms with van der Waals surface area (Å²) in [5.74, 6) is -3.83. The summed E-state index contributed by atoms with van der Waals surface area (Å²) in [4.78, 5) is 10.9. The number of hydrogen-bond acceptors (Lipinski definition) is 1. The van der Waals surface area contributed by atoms with Gasteiger partial charge in [-0.3, -0.25) is 4.79 Å². The molecule has 0 aromatic heterocycles. The molecule has 0 amide bonds. The second kappa shape index (κ2) is 4.60. The van der Waals surface area contributed by atoms with Crippen molar-refractivity contribution in [3.05, 3.63) is 34.4 Å². The molecule has 0 aliphatic rings. The smallest absolute Gasteiger partial charge is 0.311 e. The summed E-state index contributed by atoms with van der Waals surface area (Å²) >= 11 is 0. The van der Waals surface area contributed by atoms with E-state index in [0.29, 0.717) is 0 Å². The van der Waals surface area contributed by atoms with Crippen molar-refractivity contribution in [1.29, 1.82) is 0 Å². The van der Waals surface area contributed by atoms with Gasteiger partial charge in [0.1, 0.15) is 11.6 Å². The normalized spacial score (nSPS) is 12.6. The molecule has 0 aliphatic heterocycles. The summed E-state index contributed by atoms with van der Waals surface area (Å²) in [6.07, 6.45) is 0.159. The third-order valence-electron chi connectivity index (χ3n) is 2.65. The number of halogens is 2. The van der Waals surface area contributed by atoms with Crippen molar-refractivity contribution in [3.63, 3.8) is 0 Å². The number of rotatable bonds is 3. The average Bonchev–Trinajstić information content (AvgIpc) is 2.21. The summed E-state index contributed by atoms with van der Waals surface area (Å²) in [5, 5.41) is 8.92. The van der Waals surface area contributed by atoms with Gasteiger partial charge in [0, 0.05) is 5.56 Å². The summed E-state index contributed by atoms with van der Waals surface area (Å²) in [6.45, 7) is 4.59. The van der Waals surface area contributed by atoms with Gasteiger partial charge in [-0.25, -0.2) is 8.78 Å². The van der Waals surface area contributed by atoms with Crippen LogP contribution in [0.15, 0.2) is 6.07 Å². The largest absolute Gasteiger partial charge is 0.481 e. The monoisotopic (exact) mass is 228 g/mol. The van der Waals surface area contributed by atoms with Crippen molar-refractivity contribution in [1.82, 2.24) is 0 Å². The summed E-state index contributed by atoms with van der Waals surface area (Å²) in [5.41, 5.74) is 0.217. The van der Waals surface area contributed by atoms with Gasteiger partial charge < -0.3 is 5.11 Å². The fraction of sp³-hybridized carbons (Fsp3) is 0.417. The molecule has 0 heterocycles. The van der Waals surface area contributed by atoms with Gasteiger partial charge in [-0.05, 0) is 31.4 Å². The highest BCUT2D eigenvalue weighted by molar-refractivity contribution is 5.76. The predicted molar refractivity (Wildman–Crippen MR) is 56.5 cm³/mol. The van der Waals surface area contributed by atoms with Gasteiger partial charge in [0.25, 0.3) is 0 Å². The maximum atomic E-state index is 13.7. The molecule has 0 radical (unpaired) electrons. The first-order valence-corrected chi connectivity index (χ1v) is 5.08. The Hall–Kier alpha value is -1.45. The second-order valence-electron chi connectivity index (χ2n) is 3.85. The minimum atomic E-state index is -1.20. The zero-order valence-corrected chi connectivity index (χ0v) is 9.47. The summed E-state index contributed by atoms with van der Waals surface area (Å²) < 4.78 is 27.5. The Labute approximate surface area is 92.9 Å². The lowest BCUT2D eigenvalue weighted by atomic mass is 9.92. The van der Waals surface area contributed by atoms with Gasteiger partial charge in [0.2, 0.25) is 0 Å². The van der Waals surface area contributed by atoms with E-state index in [2.05, 4.69) is 0 Å². The van der Waals surface area contributed by atoms with E-state index >= 15 is 0 Å². The van der Waals surface area contributed by atoms with E-state index < -0.39 is 23.5 Å². The Balaban J connectivity index is 3.47. The van der Waals surface area contributed by atoms with E-state index in [4.69, 9.17) is 5.11 Å². The van der Waals surface area contributed by atoms with E-state index in [1.807, 2.05) is 0 Å². The molecule has 0 aliphatic carbocycles. The van der Waals surface area contributed by atoms with Gasteiger partial charge in [0.15, 0.2) is 0 Å². The maximum Gasteiger partial charge on any atom is 0.311 e. The fourth-order valence-electron chi connectivity index (χ4n) is 1.78. The summed E-state index contributed by atoms with van der Waals surface area (Å²) in [7, 11) is 0. The molecule has 88 valence electrons. The Bertz CT molecular complexity index is 401. The molecule has 1 unspecified atom stereocenters. The molecule has 1 rings (SSSR count). The van der Waals surface area contributed by atoms with E-state index in [-0.39, 0.29) is 23.1 Å². The first kappa shape index (κ1) is 12.6. The quantitative estimate of drug-likeness (QED) is 0.862. The Morgan fingerprint density at radius 1 is 1.31 bits per heavy atom. The van der Waals surface area contributed by atoms with Crippen molar-refractivity contribution in [2.75, 3.05) is 0 Å². The van der Waals surface area contributed by atoms with Crippen LogP contribution in [0.5, 0.6) is 0 Å². The lowest BCUT2D eigenvalue weighted by molar-refractivity contribution is -0.139. The molecule has 1 aromatic carbocycles. The van der Waals surface area contributed by atoms with Crippen LogP contribution >= 0.6 is 0 Å². The second-order valence-corrected chi connectivity index (χ2v) is 3.85. The molecule has 2 nitrogen and oxygen atoms in total. The zero-order valence-electron chi connectivity index (χ0n) is 9.47. The van der Waals surface area contributed by atoms with Gasteiger partial charge in [-0.2, -0.15) is 0 Å². The van der Waals surface area contributed by atoms with Crippen molar-refractivity contribution < 1.29 is 18.7 Å². The number of carboxylic acids is 1. The average molecular weight is 228 g/mol. The molecule has 0 saturated carbocycles. The summed E-state index contributed by atoms with van der Waals surface area (Å²) in [6, 6.07) is 1.38. The van der Waals surface area contributed by atoms with Crippen LogP contribution in [0.1, 0.15) is 36.0 Å². The predicted octanol–water partition coefficient (Wildman–Crippen LogP) is 3.16. The van der Waals surface area contributed by atoms with Crippen molar-refractivity contribution in [2.24, 2.45) is 0 Å². The Morgan fingerprint density at radius 2 is 1.75 bits per heavy atom. The third kappa shape index (κ3) is 2.05. The van der Waals surface area contributed by atoms with Crippen LogP contribution in [0.2, 0.25) is 0 Å².